The molecule has 0 bridgehead atoms. The predicted octanol–water partition coefficient (Wildman–Crippen LogP) is 0.714. The fourth-order valence-electron chi connectivity index (χ4n) is 2.28. The molecule has 1 N–H and O–H groups in total. The highest BCUT2D eigenvalue weighted by Gasteiger charge is 2.19. The van der Waals surface area contributed by atoms with E-state index in [1.807, 2.05) is 6.20 Å². The predicted molar refractivity (Wildman–Crippen MR) is 78.7 cm³/mol. The van der Waals surface area contributed by atoms with Gasteiger partial charge in [0, 0.05) is 39.1 Å². The average molecular weight is 289 g/mol. The van der Waals surface area contributed by atoms with Crippen molar-refractivity contribution in [2.45, 2.75) is 19.4 Å². The highest BCUT2D eigenvalue weighted by Crippen LogP contribution is 2.16. The third-order valence-corrected chi connectivity index (χ3v) is 3.31. The minimum atomic E-state index is 0.166. The number of hydrogen-bond acceptors (Lipinski definition) is 7. The van der Waals surface area contributed by atoms with Gasteiger partial charge >= 0.3 is 0 Å². The Kier molecular flexibility index (Phi) is 3.96. The lowest BCUT2D eigenvalue weighted by atomic mass is 10.3. The molecule has 0 saturated carbocycles. The van der Waals surface area contributed by atoms with Crippen LogP contribution < -0.4 is 10.2 Å². The Morgan fingerprint density at radius 3 is 2.90 bits per heavy atom. The van der Waals surface area contributed by atoms with Gasteiger partial charge in [-0.3, -0.25) is 4.57 Å². The molecule has 1 saturated heterocycles. The van der Waals surface area contributed by atoms with Crippen LogP contribution in [0.25, 0.3) is 5.95 Å². The molecule has 3 heterocycles. The molecule has 8 heteroatoms. The van der Waals surface area contributed by atoms with Gasteiger partial charge in [-0.2, -0.15) is 15.0 Å². The average Bonchev–Trinajstić information content (AvgIpc) is 2.96. The minimum absolute atomic E-state index is 0.166. The van der Waals surface area contributed by atoms with Crippen LogP contribution in [0.5, 0.6) is 0 Å². The molecule has 1 unspecified atom stereocenters. The summed E-state index contributed by atoms with van der Waals surface area (Å²) in [4.78, 5) is 19.6. The van der Waals surface area contributed by atoms with Crippen molar-refractivity contribution in [2.75, 3.05) is 37.0 Å². The molecule has 1 atom stereocenters. The van der Waals surface area contributed by atoms with E-state index < -0.39 is 0 Å². The van der Waals surface area contributed by atoms with Crippen LogP contribution >= 0.6 is 0 Å². The number of imidazole rings is 1. The normalized spacial score (nSPS) is 19.3. The van der Waals surface area contributed by atoms with Gasteiger partial charge in [0.05, 0.1) is 6.10 Å². The zero-order valence-electron chi connectivity index (χ0n) is 12.2. The first-order valence-corrected chi connectivity index (χ1v) is 7.05. The maximum Gasteiger partial charge on any atom is 0.241 e. The third kappa shape index (κ3) is 3.10. The molecular weight excluding hydrogens is 270 g/mol. The van der Waals surface area contributed by atoms with Crippen molar-refractivity contribution in [3.05, 3.63) is 18.7 Å². The number of hydrogen-bond donors (Lipinski definition) is 1. The molecular formula is C13H19N7O. The van der Waals surface area contributed by atoms with E-state index in [2.05, 4.69) is 37.1 Å². The van der Waals surface area contributed by atoms with E-state index in [4.69, 9.17) is 4.74 Å². The minimum Gasteiger partial charge on any atom is -0.377 e. The number of ether oxygens (including phenoxy) is 1. The van der Waals surface area contributed by atoms with E-state index in [-0.39, 0.29) is 6.10 Å². The molecule has 3 rings (SSSR count). The van der Waals surface area contributed by atoms with Gasteiger partial charge in [0.1, 0.15) is 6.33 Å². The second-order valence-electron chi connectivity index (χ2n) is 4.96. The summed E-state index contributed by atoms with van der Waals surface area (Å²) in [6.07, 6.45) is 6.31. The lowest BCUT2D eigenvalue weighted by Gasteiger charge is -2.22. The summed E-state index contributed by atoms with van der Waals surface area (Å²) in [5.41, 5.74) is 0. The van der Waals surface area contributed by atoms with Gasteiger partial charge in [-0.15, -0.1) is 0 Å². The van der Waals surface area contributed by atoms with Crippen LogP contribution in [0.2, 0.25) is 0 Å². The fourth-order valence-corrected chi connectivity index (χ4v) is 2.28. The SMILES string of the molecule is CNc1nc(N2CCCOC(C)C2)nc(-n2ccnc2)n1. The number of aromatic nitrogens is 5. The van der Waals surface area contributed by atoms with E-state index in [1.165, 1.54) is 0 Å². The van der Waals surface area contributed by atoms with E-state index in [0.29, 0.717) is 17.8 Å². The van der Waals surface area contributed by atoms with E-state index in [9.17, 15) is 0 Å². The van der Waals surface area contributed by atoms with Crippen molar-refractivity contribution in [1.29, 1.82) is 0 Å². The number of nitrogens with one attached hydrogen (secondary N) is 1. The van der Waals surface area contributed by atoms with Crippen LogP contribution in [0.15, 0.2) is 18.7 Å². The third-order valence-electron chi connectivity index (χ3n) is 3.31. The number of rotatable bonds is 3. The van der Waals surface area contributed by atoms with Crippen molar-refractivity contribution in [1.82, 2.24) is 24.5 Å². The molecule has 1 aliphatic heterocycles. The van der Waals surface area contributed by atoms with E-state index in [0.717, 1.165) is 26.1 Å². The molecule has 0 radical (unpaired) electrons. The molecule has 0 aliphatic carbocycles. The van der Waals surface area contributed by atoms with Crippen molar-refractivity contribution >= 4 is 11.9 Å². The Labute approximate surface area is 123 Å². The molecule has 2 aromatic rings. The summed E-state index contributed by atoms with van der Waals surface area (Å²) in [6, 6.07) is 0. The Hall–Kier alpha value is -2.22. The lowest BCUT2D eigenvalue weighted by molar-refractivity contribution is 0.0820. The van der Waals surface area contributed by atoms with Gasteiger partial charge in [0.15, 0.2) is 0 Å². The van der Waals surface area contributed by atoms with Crippen LogP contribution in [0, 0.1) is 0 Å². The van der Waals surface area contributed by atoms with Crippen LogP contribution in [0.1, 0.15) is 13.3 Å². The van der Waals surface area contributed by atoms with Crippen LogP contribution in [0.3, 0.4) is 0 Å². The summed E-state index contributed by atoms with van der Waals surface area (Å²) >= 11 is 0. The van der Waals surface area contributed by atoms with Gasteiger partial charge in [-0.25, -0.2) is 4.98 Å². The molecule has 0 amide bonds. The lowest BCUT2D eigenvalue weighted by Crippen LogP contribution is -2.32. The zero-order valence-corrected chi connectivity index (χ0v) is 12.2. The quantitative estimate of drug-likeness (QED) is 0.891. The molecule has 2 aromatic heterocycles. The summed E-state index contributed by atoms with van der Waals surface area (Å²) in [6.45, 7) is 4.49. The van der Waals surface area contributed by atoms with Crippen LogP contribution in [0.4, 0.5) is 11.9 Å². The summed E-state index contributed by atoms with van der Waals surface area (Å²) in [5.74, 6) is 1.76. The second-order valence-corrected chi connectivity index (χ2v) is 4.96. The van der Waals surface area contributed by atoms with Gasteiger partial charge < -0.3 is 15.0 Å². The van der Waals surface area contributed by atoms with Gasteiger partial charge in [0.25, 0.3) is 0 Å². The second kappa shape index (κ2) is 6.04. The summed E-state index contributed by atoms with van der Waals surface area (Å²) in [7, 11) is 1.80. The standard InChI is InChI=1S/C13H19N7O/c1-10-8-19(5-3-7-21-10)12-16-11(14-2)17-13(18-12)20-6-4-15-9-20/h4,6,9-10H,3,5,7-8H2,1-2H3,(H,14,16,17,18). The molecule has 112 valence electrons. The van der Waals surface area contributed by atoms with E-state index in [1.54, 1.807) is 24.1 Å². The Morgan fingerprint density at radius 2 is 2.14 bits per heavy atom. The smallest absolute Gasteiger partial charge is 0.241 e. The zero-order chi connectivity index (χ0) is 14.7. The summed E-state index contributed by atoms with van der Waals surface area (Å²) < 4.78 is 7.44. The van der Waals surface area contributed by atoms with E-state index >= 15 is 0 Å². The van der Waals surface area contributed by atoms with Crippen molar-refractivity contribution in [3.63, 3.8) is 0 Å². The molecule has 1 aliphatic rings. The van der Waals surface area contributed by atoms with Crippen molar-refractivity contribution in [2.24, 2.45) is 0 Å². The monoisotopic (exact) mass is 289 g/mol. The molecule has 21 heavy (non-hydrogen) atoms. The Balaban J connectivity index is 1.95. The largest absolute Gasteiger partial charge is 0.377 e. The molecule has 0 aromatic carbocycles. The van der Waals surface area contributed by atoms with Crippen molar-refractivity contribution < 1.29 is 4.74 Å². The first kappa shape index (κ1) is 13.7. The van der Waals surface area contributed by atoms with Gasteiger partial charge in [0.2, 0.25) is 17.8 Å². The highest BCUT2D eigenvalue weighted by molar-refractivity contribution is 5.40. The maximum absolute atomic E-state index is 5.67. The maximum atomic E-state index is 5.67. The van der Waals surface area contributed by atoms with Gasteiger partial charge in [-0.1, -0.05) is 0 Å². The number of anilines is 2. The van der Waals surface area contributed by atoms with Crippen LogP contribution in [-0.2, 0) is 4.74 Å². The topological polar surface area (TPSA) is 81.0 Å². The number of nitrogens with zero attached hydrogens (tertiary/aromatic N) is 6. The highest BCUT2D eigenvalue weighted by atomic mass is 16.5. The first-order chi connectivity index (χ1) is 10.3. The molecule has 8 nitrogen and oxygen atoms in total. The Bertz CT molecular complexity index is 586. The summed E-state index contributed by atoms with van der Waals surface area (Å²) in [5, 5.41) is 2.98. The Morgan fingerprint density at radius 1 is 1.29 bits per heavy atom. The molecule has 1 fully saturated rings. The first-order valence-electron chi connectivity index (χ1n) is 7.05. The van der Waals surface area contributed by atoms with Crippen LogP contribution in [-0.4, -0.2) is 57.4 Å². The fraction of sp³-hybridized carbons (Fsp3) is 0.538. The molecule has 0 spiro atoms. The van der Waals surface area contributed by atoms with Crippen molar-refractivity contribution in [3.8, 4) is 5.95 Å². The van der Waals surface area contributed by atoms with Gasteiger partial charge in [-0.05, 0) is 13.3 Å².